The zero-order chi connectivity index (χ0) is 14.5. The van der Waals surface area contributed by atoms with Gasteiger partial charge < -0.3 is 5.32 Å². The monoisotopic (exact) mass is 277 g/mol. The summed E-state index contributed by atoms with van der Waals surface area (Å²) in [5.74, 6) is -0.00654. The Balaban J connectivity index is 1.98. The van der Waals surface area contributed by atoms with Crippen molar-refractivity contribution in [2.45, 2.75) is 32.4 Å². The number of likely N-dealkylation sites (N-methyl/N-ethyl adjacent to an activating group) is 1. The van der Waals surface area contributed by atoms with Gasteiger partial charge in [0, 0.05) is 24.2 Å². The molecule has 2 rings (SSSR count). The lowest BCUT2D eigenvalue weighted by molar-refractivity contribution is -0.385. The molecule has 0 bridgehead atoms. The average Bonchev–Trinajstić information content (AvgIpc) is 3.22. The third-order valence-corrected chi connectivity index (χ3v) is 3.34. The predicted molar refractivity (Wildman–Crippen MR) is 75.2 cm³/mol. The molecule has 20 heavy (non-hydrogen) atoms. The summed E-state index contributed by atoms with van der Waals surface area (Å²) in [7, 11) is 0. The van der Waals surface area contributed by atoms with Crippen LogP contribution in [0.25, 0.3) is 0 Å². The molecule has 108 valence electrons. The fraction of sp³-hybridized carbons (Fsp3) is 0.500. The molecule has 1 N–H and O–H groups in total. The largest absolute Gasteiger partial charge is 0.352 e. The van der Waals surface area contributed by atoms with E-state index in [4.69, 9.17) is 0 Å². The number of amides is 1. The van der Waals surface area contributed by atoms with Gasteiger partial charge in [-0.05, 0) is 19.4 Å². The molecule has 1 aliphatic rings. The number of rotatable bonds is 7. The Morgan fingerprint density at radius 2 is 2.15 bits per heavy atom. The summed E-state index contributed by atoms with van der Waals surface area (Å²) in [6.45, 7) is 3.30. The van der Waals surface area contributed by atoms with Crippen molar-refractivity contribution in [3.8, 4) is 0 Å². The van der Waals surface area contributed by atoms with Crippen LogP contribution in [0, 0.1) is 10.1 Å². The summed E-state index contributed by atoms with van der Waals surface area (Å²) in [4.78, 5) is 24.3. The first-order chi connectivity index (χ1) is 9.60. The van der Waals surface area contributed by atoms with Gasteiger partial charge in [0.15, 0.2) is 0 Å². The molecular formula is C14H19N3O3. The van der Waals surface area contributed by atoms with Gasteiger partial charge in [0.2, 0.25) is 5.91 Å². The molecule has 1 saturated carbocycles. The Morgan fingerprint density at radius 1 is 1.45 bits per heavy atom. The molecule has 0 heterocycles. The first kappa shape index (κ1) is 14.5. The van der Waals surface area contributed by atoms with Crippen LogP contribution >= 0.6 is 0 Å². The molecule has 6 heteroatoms. The van der Waals surface area contributed by atoms with Gasteiger partial charge in [-0.25, -0.2) is 0 Å². The minimum absolute atomic E-state index is 0.00654. The van der Waals surface area contributed by atoms with Gasteiger partial charge in [-0.1, -0.05) is 25.1 Å². The maximum atomic E-state index is 11.8. The van der Waals surface area contributed by atoms with E-state index < -0.39 is 0 Å². The van der Waals surface area contributed by atoms with E-state index >= 15 is 0 Å². The zero-order valence-corrected chi connectivity index (χ0v) is 11.5. The number of nitro benzene ring substituents is 1. The summed E-state index contributed by atoms with van der Waals surface area (Å²) in [6, 6.07) is 7.00. The molecule has 0 aromatic heterocycles. The fourth-order valence-corrected chi connectivity index (χ4v) is 2.05. The minimum Gasteiger partial charge on any atom is -0.352 e. The number of para-hydroxylation sites is 1. The number of benzene rings is 1. The summed E-state index contributed by atoms with van der Waals surface area (Å²) in [5.41, 5.74) is 0.743. The minimum atomic E-state index is -0.382. The first-order valence-corrected chi connectivity index (χ1v) is 6.84. The van der Waals surface area contributed by atoms with Crippen molar-refractivity contribution in [3.63, 3.8) is 0 Å². The van der Waals surface area contributed by atoms with Crippen molar-refractivity contribution in [1.82, 2.24) is 10.2 Å². The normalized spacial score (nSPS) is 14.3. The fourth-order valence-electron chi connectivity index (χ4n) is 2.05. The van der Waals surface area contributed by atoms with E-state index in [1.54, 1.807) is 18.2 Å². The summed E-state index contributed by atoms with van der Waals surface area (Å²) in [5, 5.41) is 13.9. The van der Waals surface area contributed by atoms with Crippen LogP contribution in [0.2, 0.25) is 0 Å². The van der Waals surface area contributed by atoms with E-state index in [-0.39, 0.29) is 23.1 Å². The zero-order valence-electron chi connectivity index (χ0n) is 11.5. The molecule has 1 aliphatic carbocycles. The molecule has 1 fully saturated rings. The topological polar surface area (TPSA) is 75.5 Å². The van der Waals surface area contributed by atoms with Crippen LogP contribution in [-0.4, -0.2) is 34.9 Å². The van der Waals surface area contributed by atoms with Gasteiger partial charge in [-0.15, -0.1) is 0 Å². The van der Waals surface area contributed by atoms with Crippen LogP contribution in [0.3, 0.4) is 0 Å². The van der Waals surface area contributed by atoms with Gasteiger partial charge in [0.25, 0.3) is 5.69 Å². The van der Waals surface area contributed by atoms with Crippen LogP contribution < -0.4 is 5.32 Å². The molecule has 1 aromatic rings. The van der Waals surface area contributed by atoms with E-state index in [0.29, 0.717) is 24.7 Å². The van der Waals surface area contributed by atoms with Gasteiger partial charge in [0.05, 0.1) is 11.5 Å². The van der Waals surface area contributed by atoms with Crippen molar-refractivity contribution in [2.75, 3.05) is 13.1 Å². The highest BCUT2D eigenvalue weighted by atomic mass is 16.6. The Bertz CT molecular complexity index is 500. The number of carbonyl (C=O) groups excluding carboxylic acids is 1. The molecule has 0 saturated heterocycles. The van der Waals surface area contributed by atoms with Crippen LogP contribution in [0.4, 0.5) is 5.69 Å². The first-order valence-electron chi connectivity index (χ1n) is 6.84. The van der Waals surface area contributed by atoms with Gasteiger partial charge >= 0.3 is 0 Å². The quantitative estimate of drug-likeness (QED) is 0.608. The standard InChI is InChI=1S/C14H19N3O3/c1-2-16(10-14(18)15-12-7-8-12)9-11-5-3-4-6-13(11)17(19)20/h3-6,12H,2,7-10H2,1H3,(H,15,18). The molecule has 0 unspecified atom stereocenters. The molecule has 0 spiro atoms. The van der Waals surface area contributed by atoms with Crippen molar-refractivity contribution >= 4 is 11.6 Å². The predicted octanol–water partition coefficient (Wildman–Crippen LogP) is 1.70. The smallest absolute Gasteiger partial charge is 0.273 e. The Kier molecular flexibility index (Phi) is 4.68. The van der Waals surface area contributed by atoms with E-state index in [2.05, 4.69) is 5.32 Å². The molecule has 0 radical (unpaired) electrons. The van der Waals surface area contributed by atoms with Crippen LogP contribution in [-0.2, 0) is 11.3 Å². The number of nitrogens with one attached hydrogen (secondary N) is 1. The van der Waals surface area contributed by atoms with Crippen molar-refractivity contribution < 1.29 is 9.72 Å². The Hall–Kier alpha value is -1.95. The number of carbonyl (C=O) groups is 1. The molecule has 1 aromatic carbocycles. The van der Waals surface area contributed by atoms with Gasteiger partial charge in [0.1, 0.15) is 0 Å². The molecule has 0 aliphatic heterocycles. The lowest BCUT2D eigenvalue weighted by Crippen LogP contribution is -2.37. The highest BCUT2D eigenvalue weighted by molar-refractivity contribution is 5.78. The maximum Gasteiger partial charge on any atom is 0.273 e. The summed E-state index contributed by atoms with van der Waals surface area (Å²) < 4.78 is 0. The van der Waals surface area contributed by atoms with Crippen molar-refractivity contribution in [3.05, 3.63) is 39.9 Å². The second-order valence-corrected chi connectivity index (χ2v) is 5.03. The van der Waals surface area contributed by atoms with Crippen molar-refractivity contribution in [2.24, 2.45) is 0 Å². The highest BCUT2D eigenvalue weighted by Crippen LogP contribution is 2.20. The van der Waals surface area contributed by atoms with Crippen LogP contribution in [0.15, 0.2) is 24.3 Å². The number of hydrogen-bond donors (Lipinski definition) is 1. The van der Waals surface area contributed by atoms with E-state index in [1.807, 2.05) is 11.8 Å². The third kappa shape index (κ3) is 4.03. The van der Waals surface area contributed by atoms with Crippen LogP contribution in [0.5, 0.6) is 0 Å². The summed E-state index contributed by atoms with van der Waals surface area (Å²) >= 11 is 0. The third-order valence-electron chi connectivity index (χ3n) is 3.34. The molecule has 1 amide bonds. The van der Waals surface area contributed by atoms with E-state index in [1.165, 1.54) is 6.07 Å². The number of nitro groups is 1. The van der Waals surface area contributed by atoms with E-state index in [9.17, 15) is 14.9 Å². The highest BCUT2D eigenvalue weighted by Gasteiger charge is 2.24. The Morgan fingerprint density at radius 3 is 2.75 bits per heavy atom. The molecular weight excluding hydrogens is 258 g/mol. The average molecular weight is 277 g/mol. The van der Waals surface area contributed by atoms with Crippen molar-refractivity contribution in [1.29, 1.82) is 0 Å². The van der Waals surface area contributed by atoms with E-state index in [0.717, 1.165) is 12.8 Å². The SMILES string of the molecule is CCN(CC(=O)NC1CC1)Cc1ccccc1[N+](=O)[O-]. The van der Waals surface area contributed by atoms with Gasteiger partial charge in [-0.2, -0.15) is 0 Å². The molecule has 6 nitrogen and oxygen atoms in total. The summed E-state index contributed by atoms with van der Waals surface area (Å²) in [6.07, 6.45) is 2.12. The second-order valence-electron chi connectivity index (χ2n) is 5.03. The number of nitrogens with zero attached hydrogens (tertiary/aromatic N) is 2. The Labute approximate surface area is 117 Å². The lowest BCUT2D eigenvalue weighted by atomic mass is 10.1. The number of hydrogen-bond acceptors (Lipinski definition) is 4. The van der Waals surface area contributed by atoms with Crippen LogP contribution in [0.1, 0.15) is 25.3 Å². The lowest BCUT2D eigenvalue weighted by Gasteiger charge is -2.19. The molecule has 0 atom stereocenters. The van der Waals surface area contributed by atoms with Gasteiger partial charge in [-0.3, -0.25) is 19.8 Å². The maximum absolute atomic E-state index is 11.8. The second kappa shape index (κ2) is 6.47.